The van der Waals surface area contributed by atoms with Crippen LogP contribution in [0.4, 0.5) is 0 Å². The molecule has 0 fully saturated rings. The van der Waals surface area contributed by atoms with Crippen molar-refractivity contribution in [2.45, 2.75) is 63.9 Å². The topological polar surface area (TPSA) is 191 Å². The number of carbonyl (C=O) groups excluding carboxylic acids is 3. The monoisotopic (exact) mass is 498 g/mol. The van der Waals surface area contributed by atoms with E-state index in [1.54, 1.807) is 26.0 Å². The van der Waals surface area contributed by atoms with Gasteiger partial charge in [0.2, 0.25) is 17.7 Å². The van der Waals surface area contributed by atoms with E-state index in [-0.39, 0.29) is 23.8 Å². The molecule has 6 atom stereocenters. The van der Waals surface area contributed by atoms with E-state index in [1.807, 2.05) is 0 Å². The van der Waals surface area contributed by atoms with Crippen LogP contribution >= 0.6 is 12.6 Å². The SMILES string of the molecule is CCC(C)C(NC(=O)C(CS)NC(=O)C(Cc1ccc(O)cc1)NC(=O)C(N)C(C)O)C(=O)O. The minimum Gasteiger partial charge on any atom is -0.508 e. The lowest BCUT2D eigenvalue weighted by atomic mass is 9.99. The Morgan fingerprint density at radius 2 is 1.50 bits per heavy atom. The highest BCUT2D eigenvalue weighted by Crippen LogP contribution is 2.12. The average Bonchev–Trinajstić information content (AvgIpc) is 2.79. The summed E-state index contributed by atoms with van der Waals surface area (Å²) in [6.45, 7) is 4.80. The van der Waals surface area contributed by atoms with Crippen molar-refractivity contribution >= 4 is 36.3 Å². The minimum atomic E-state index is -1.29. The summed E-state index contributed by atoms with van der Waals surface area (Å²) in [5, 5.41) is 35.8. The number of aliphatic carboxylic acids is 1. The number of amides is 3. The summed E-state index contributed by atoms with van der Waals surface area (Å²) >= 11 is 4.10. The summed E-state index contributed by atoms with van der Waals surface area (Å²) in [6.07, 6.45) is -0.656. The maximum Gasteiger partial charge on any atom is 0.326 e. The molecular formula is C22H34N4O7S. The molecule has 0 aliphatic rings. The van der Waals surface area contributed by atoms with Gasteiger partial charge < -0.3 is 37.0 Å². The van der Waals surface area contributed by atoms with Gasteiger partial charge in [0.1, 0.15) is 29.9 Å². The zero-order chi connectivity index (χ0) is 26.0. The van der Waals surface area contributed by atoms with E-state index in [2.05, 4.69) is 28.6 Å². The second-order valence-electron chi connectivity index (χ2n) is 8.15. The van der Waals surface area contributed by atoms with Gasteiger partial charge in [0, 0.05) is 12.2 Å². The van der Waals surface area contributed by atoms with Crippen LogP contribution in [0.25, 0.3) is 0 Å². The first kappa shape index (κ1) is 29.2. The highest BCUT2D eigenvalue weighted by atomic mass is 32.1. The summed E-state index contributed by atoms with van der Waals surface area (Å²) in [4.78, 5) is 49.6. The van der Waals surface area contributed by atoms with Crippen molar-refractivity contribution in [3.63, 3.8) is 0 Å². The fourth-order valence-corrected chi connectivity index (χ4v) is 3.22. The lowest BCUT2D eigenvalue weighted by Crippen LogP contribution is -2.59. The van der Waals surface area contributed by atoms with E-state index in [4.69, 9.17) is 5.73 Å². The lowest BCUT2D eigenvalue weighted by molar-refractivity contribution is -0.143. The first-order valence-corrected chi connectivity index (χ1v) is 11.5. The van der Waals surface area contributed by atoms with Gasteiger partial charge in [0.05, 0.1) is 6.10 Å². The fourth-order valence-electron chi connectivity index (χ4n) is 2.97. The molecule has 3 amide bonds. The van der Waals surface area contributed by atoms with Crippen LogP contribution in [-0.2, 0) is 25.6 Å². The number of nitrogens with one attached hydrogen (secondary N) is 3. The Morgan fingerprint density at radius 1 is 0.971 bits per heavy atom. The van der Waals surface area contributed by atoms with Gasteiger partial charge in [-0.05, 0) is 30.5 Å². The largest absolute Gasteiger partial charge is 0.508 e. The van der Waals surface area contributed by atoms with Crippen molar-refractivity contribution in [2.24, 2.45) is 11.7 Å². The third-order valence-electron chi connectivity index (χ3n) is 5.42. The summed E-state index contributed by atoms with van der Waals surface area (Å²) in [5.74, 6) is -3.89. The first-order chi connectivity index (χ1) is 15.9. The van der Waals surface area contributed by atoms with Gasteiger partial charge in [0.15, 0.2) is 0 Å². The standard InChI is InChI=1S/C22H34N4O7S/c1-4-11(2)18(22(32)33)26-20(30)16(10-34)25-19(29)15(24-21(31)17(23)12(3)27)9-13-5-7-14(28)8-6-13/h5-8,11-12,15-18,27-28,34H,4,9-10,23H2,1-3H3,(H,24,31)(H,25,29)(H,26,30)(H,32,33). The van der Waals surface area contributed by atoms with Crippen LogP contribution in [-0.4, -0.2) is 75.0 Å². The van der Waals surface area contributed by atoms with E-state index in [9.17, 15) is 34.5 Å². The first-order valence-electron chi connectivity index (χ1n) is 10.9. The number of aromatic hydroxyl groups is 1. The Bertz CT molecular complexity index is 850. The van der Waals surface area contributed by atoms with Crippen LogP contribution in [0.2, 0.25) is 0 Å². The number of hydrogen-bond acceptors (Lipinski definition) is 8. The highest BCUT2D eigenvalue weighted by Gasteiger charge is 2.32. The molecular weight excluding hydrogens is 464 g/mol. The molecule has 0 saturated heterocycles. The number of nitrogens with two attached hydrogens (primary N) is 1. The molecule has 0 saturated carbocycles. The third kappa shape index (κ3) is 8.84. The number of hydrogen-bond donors (Lipinski definition) is 8. The summed E-state index contributed by atoms with van der Waals surface area (Å²) in [5.41, 5.74) is 6.26. The molecule has 34 heavy (non-hydrogen) atoms. The van der Waals surface area contributed by atoms with Gasteiger partial charge in [0.25, 0.3) is 0 Å². The van der Waals surface area contributed by atoms with Crippen LogP contribution in [0.1, 0.15) is 32.8 Å². The zero-order valence-electron chi connectivity index (χ0n) is 19.4. The van der Waals surface area contributed by atoms with E-state index < -0.39 is 54.0 Å². The molecule has 0 aliphatic heterocycles. The Labute approximate surface area is 203 Å². The van der Waals surface area contributed by atoms with E-state index in [0.717, 1.165) is 0 Å². The quantitative estimate of drug-likeness (QED) is 0.161. The number of carbonyl (C=O) groups is 4. The fraction of sp³-hybridized carbons (Fsp3) is 0.545. The van der Waals surface area contributed by atoms with Gasteiger partial charge in [-0.1, -0.05) is 32.4 Å². The molecule has 190 valence electrons. The number of aliphatic hydroxyl groups is 1. The van der Waals surface area contributed by atoms with Crippen LogP contribution in [0.15, 0.2) is 24.3 Å². The Balaban J connectivity index is 3.04. The van der Waals surface area contributed by atoms with Gasteiger partial charge in [-0.25, -0.2) is 4.79 Å². The second kappa shape index (κ2) is 13.8. The predicted octanol–water partition coefficient (Wildman–Crippen LogP) is -0.842. The van der Waals surface area contributed by atoms with Crippen molar-refractivity contribution in [3.8, 4) is 5.75 Å². The van der Waals surface area contributed by atoms with Crippen molar-refractivity contribution in [1.29, 1.82) is 0 Å². The van der Waals surface area contributed by atoms with Gasteiger partial charge in [-0.2, -0.15) is 12.6 Å². The molecule has 0 aromatic heterocycles. The van der Waals surface area contributed by atoms with Crippen LogP contribution in [0.5, 0.6) is 5.75 Å². The number of thiol groups is 1. The molecule has 1 rings (SSSR count). The number of rotatable bonds is 13. The third-order valence-corrected chi connectivity index (χ3v) is 5.79. The van der Waals surface area contributed by atoms with Gasteiger partial charge >= 0.3 is 5.97 Å². The van der Waals surface area contributed by atoms with Crippen molar-refractivity contribution in [1.82, 2.24) is 16.0 Å². The van der Waals surface area contributed by atoms with Crippen LogP contribution in [0, 0.1) is 5.92 Å². The summed E-state index contributed by atoms with van der Waals surface area (Å²) in [6, 6.07) is 1.16. The number of benzene rings is 1. The molecule has 12 heteroatoms. The lowest BCUT2D eigenvalue weighted by Gasteiger charge is -2.26. The molecule has 11 nitrogen and oxygen atoms in total. The molecule has 1 aromatic carbocycles. The van der Waals surface area contributed by atoms with Gasteiger partial charge in [-0.3, -0.25) is 14.4 Å². The maximum atomic E-state index is 13.0. The summed E-state index contributed by atoms with van der Waals surface area (Å²) in [7, 11) is 0. The van der Waals surface area contributed by atoms with E-state index >= 15 is 0 Å². The molecule has 0 bridgehead atoms. The second-order valence-corrected chi connectivity index (χ2v) is 8.52. The Kier molecular flexibility index (Phi) is 11.8. The molecule has 0 heterocycles. The molecule has 0 radical (unpaired) electrons. The van der Waals surface area contributed by atoms with Crippen molar-refractivity contribution in [2.75, 3.05) is 5.75 Å². The molecule has 1 aromatic rings. The van der Waals surface area contributed by atoms with Crippen molar-refractivity contribution < 1.29 is 34.5 Å². The Morgan fingerprint density at radius 3 is 1.97 bits per heavy atom. The average molecular weight is 499 g/mol. The van der Waals surface area contributed by atoms with Crippen LogP contribution in [0.3, 0.4) is 0 Å². The Hall–Kier alpha value is -2.83. The normalized spacial score (nSPS) is 16.3. The number of phenols is 1. The molecule has 0 spiro atoms. The van der Waals surface area contributed by atoms with E-state index in [1.165, 1.54) is 19.1 Å². The number of phenolic OH excluding ortho intramolecular Hbond substituents is 1. The molecule has 6 unspecified atom stereocenters. The zero-order valence-corrected chi connectivity index (χ0v) is 20.3. The van der Waals surface area contributed by atoms with Gasteiger partial charge in [-0.15, -0.1) is 0 Å². The maximum absolute atomic E-state index is 13.0. The number of carboxylic acids is 1. The summed E-state index contributed by atoms with van der Waals surface area (Å²) < 4.78 is 0. The molecule has 0 aliphatic carbocycles. The molecule has 8 N–H and O–H groups in total. The predicted molar refractivity (Wildman–Crippen MR) is 128 cm³/mol. The highest BCUT2D eigenvalue weighted by molar-refractivity contribution is 7.80. The number of carboxylic acid groups (broad SMARTS) is 1. The minimum absolute atomic E-state index is 0.00405. The number of aliphatic hydroxyl groups excluding tert-OH is 1. The van der Waals surface area contributed by atoms with Crippen LogP contribution < -0.4 is 21.7 Å². The van der Waals surface area contributed by atoms with Crippen molar-refractivity contribution in [3.05, 3.63) is 29.8 Å². The van der Waals surface area contributed by atoms with E-state index in [0.29, 0.717) is 12.0 Å². The smallest absolute Gasteiger partial charge is 0.326 e.